The van der Waals surface area contributed by atoms with Gasteiger partial charge in [-0.25, -0.2) is 23.4 Å². The third-order valence-electron chi connectivity index (χ3n) is 5.32. The molecule has 0 bridgehead atoms. The molecule has 1 N–H and O–H groups in total. The van der Waals surface area contributed by atoms with Crippen LogP contribution < -0.4 is 4.74 Å². The number of hydrogen-bond donors (Lipinski definition) is 1. The molecule has 1 aromatic carbocycles. The lowest BCUT2D eigenvalue weighted by Crippen LogP contribution is -2.02. The first kappa shape index (κ1) is 20.7. The molecule has 6 nitrogen and oxygen atoms in total. The SMILES string of the molecule is OCCCCc1ccc2c(n1)-c1sc(-c3ncnn3-c3ccc(F)cc3F)cc1CCO2. The van der Waals surface area contributed by atoms with Crippen molar-refractivity contribution >= 4 is 11.3 Å². The number of aryl methyl sites for hydroxylation is 1. The third kappa shape index (κ3) is 3.89. The summed E-state index contributed by atoms with van der Waals surface area (Å²) in [6.07, 6.45) is 4.44. The maximum Gasteiger partial charge on any atom is 0.173 e. The van der Waals surface area contributed by atoms with Crippen LogP contribution in [0.4, 0.5) is 8.78 Å². The Morgan fingerprint density at radius 3 is 2.88 bits per heavy atom. The quantitative estimate of drug-likeness (QED) is 0.432. The zero-order valence-corrected chi connectivity index (χ0v) is 17.9. The van der Waals surface area contributed by atoms with E-state index in [0.29, 0.717) is 18.9 Å². The molecule has 4 heterocycles. The van der Waals surface area contributed by atoms with E-state index < -0.39 is 11.6 Å². The number of rotatable bonds is 6. The molecule has 0 radical (unpaired) electrons. The number of halogens is 2. The van der Waals surface area contributed by atoms with Crippen molar-refractivity contribution in [2.45, 2.75) is 25.7 Å². The summed E-state index contributed by atoms with van der Waals surface area (Å²) in [7, 11) is 0. The maximum atomic E-state index is 14.4. The van der Waals surface area contributed by atoms with Crippen LogP contribution >= 0.6 is 11.3 Å². The lowest BCUT2D eigenvalue weighted by molar-refractivity contribution is 0.284. The highest BCUT2D eigenvalue weighted by Crippen LogP contribution is 2.42. The van der Waals surface area contributed by atoms with Gasteiger partial charge in [-0.05, 0) is 55.2 Å². The summed E-state index contributed by atoms with van der Waals surface area (Å²) in [5, 5.41) is 13.2. The minimum atomic E-state index is -0.706. The molecule has 0 fully saturated rings. The molecule has 0 saturated carbocycles. The second-order valence-corrected chi connectivity index (χ2v) is 8.54. The van der Waals surface area contributed by atoms with Gasteiger partial charge in [-0.1, -0.05) is 0 Å². The summed E-state index contributed by atoms with van der Waals surface area (Å²) in [5.41, 5.74) is 2.95. The molecule has 5 rings (SSSR count). The van der Waals surface area contributed by atoms with Gasteiger partial charge < -0.3 is 9.84 Å². The van der Waals surface area contributed by atoms with Crippen LogP contribution in [-0.4, -0.2) is 38.1 Å². The Hall–Kier alpha value is -3.17. The maximum absolute atomic E-state index is 14.4. The van der Waals surface area contributed by atoms with Gasteiger partial charge in [0.25, 0.3) is 0 Å². The predicted octanol–water partition coefficient (Wildman–Crippen LogP) is 4.59. The van der Waals surface area contributed by atoms with Crippen LogP contribution in [0.2, 0.25) is 0 Å². The Kier molecular flexibility index (Phi) is 5.67. The van der Waals surface area contributed by atoms with Gasteiger partial charge >= 0.3 is 0 Å². The van der Waals surface area contributed by atoms with Gasteiger partial charge in [-0.15, -0.1) is 11.3 Å². The lowest BCUT2D eigenvalue weighted by atomic mass is 10.1. The fraction of sp³-hybridized carbons (Fsp3) is 0.261. The van der Waals surface area contributed by atoms with Crippen LogP contribution in [0.25, 0.3) is 27.0 Å². The molecule has 0 amide bonds. The largest absolute Gasteiger partial charge is 0.491 e. The first-order chi connectivity index (χ1) is 15.6. The van der Waals surface area contributed by atoms with Crippen LogP contribution in [0.5, 0.6) is 5.75 Å². The highest BCUT2D eigenvalue weighted by atomic mass is 32.1. The Morgan fingerprint density at radius 1 is 1.12 bits per heavy atom. The van der Waals surface area contributed by atoms with E-state index in [1.807, 2.05) is 18.2 Å². The number of aliphatic hydroxyl groups is 1. The summed E-state index contributed by atoms with van der Waals surface area (Å²) in [6.45, 7) is 0.697. The summed E-state index contributed by atoms with van der Waals surface area (Å²) in [4.78, 5) is 11.0. The molecule has 0 aliphatic carbocycles. The van der Waals surface area contributed by atoms with Gasteiger partial charge in [0, 0.05) is 24.8 Å². The van der Waals surface area contributed by atoms with E-state index >= 15 is 0 Å². The van der Waals surface area contributed by atoms with Crippen LogP contribution in [0.15, 0.2) is 42.7 Å². The van der Waals surface area contributed by atoms with Gasteiger partial charge in [0.05, 0.1) is 16.4 Å². The smallest absolute Gasteiger partial charge is 0.173 e. The average molecular weight is 455 g/mol. The molecule has 0 unspecified atom stereocenters. The molecule has 32 heavy (non-hydrogen) atoms. The summed E-state index contributed by atoms with van der Waals surface area (Å²) >= 11 is 1.50. The van der Waals surface area contributed by atoms with Gasteiger partial charge in [0.2, 0.25) is 0 Å². The van der Waals surface area contributed by atoms with Gasteiger partial charge in [0.1, 0.15) is 29.3 Å². The van der Waals surface area contributed by atoms with Crippen molar-refractivity contribution < 1.29 is 18.6 Å². The standard InChI is InChI=1S/C23H20F2N4O2S/c24-15-4-6-18(17(25)12-15)29-23(26-13-27-29)20-11-14-8-10-31-19-7-5-16(3-1-2-9-30)28-21(19)22(14)32-20/h4-7,11-13,30H,1-3,8-10H2. The van der Waals surface area contributed by atoms with Crippen molar-refractivity contribution in [2.75, 3.05) is 13.2 Å². The number of nitrogens with zero attached hydrogens (tertiary/aromatic N) is 4. The second-order valence-electron chi connectivity index (χ2n) is 7.48. The fourth-order valence-electron chi connectivity index (χ4n) is 3.76. The Balaban J connectivity index is 1.55. The zero-order chi connectivity index (χ0) is 22.1. The number of hydrogen-bond acceptors (Lipinski definition) is 6. The molecule has 4 aromatic rings. The van der Waals surface area contributed by atoms with Crippen molar-refractivity contribution in [1.29, 1.82) is 0 Å². The van der Waals surface area contributed by atoms with Crippen molar-refractivity contribution in [2.24, 2.45) is 0 Å². The number of thiophene rings is 1. The molecule has 1 aliphatic rings. The molecule has 164 valence electrons. The normalized spacial score (nSPS) is 12.7. The van der Waals surface area contributed by atoms with Gasteiger partial charge in [-0.3, -0.25) is 0 Å². The summed E-state index contributed by atoms with van der Waals surface area (Å²) < 4.78 is 35.0. The minimum Gasteiger partial charge on any atom is -0.491 e. The average Bonchev–Trinajstić information content (AvgIpc) is 3.38. The molecular weight excluding hydrogens is 434 g/mol. The summed E-state index contributed by atoms with van der Waals surface area (Å²) in [6, 6.07) is 9.31. The Bertz CT molecular complexity index is 1270. The molecule has 0 spiro atoms. The van der Waals surface area contributed by atoms with E-state index in [2.05, 4.69) is 10.1 Å². The van der Waals surface area contributed by atoms with E-state index in [1.165, 1.54) is 34.5 Å². The number of benzene rings is 1. The van der Waals surface area contributed by atoms with E-state index in [-0.39, 0.29) is 12.3 Å². The van der Waals surface area contributed by atoms with Crippen LogP contribution in [0, 0.1) is 11.6 Å². The third-order valence-corrected chi connectivity index (χ3v) is 6.50. The van der Waals surface area contributed by atoms with Crippen LogP contribution in [0.1, 0.15) is 24.1 Å². The monoisotopic (exact) mass is 454 g/mol. The van der Waals surface area contributed by atoms with Crippen LogP contribution in [0.3, 0.4) is 0 Å². The lowest BCUT2D eigenvalue weighted by Gasteiger charge is -2.09. The van der Waals surface area contributed by atoms with Crippen LogP contribution in [-0.2, 0) is 12.8 Å². The topological polar surface area (TPSA) is 73.1 Å². The summed E-state index contributed by atoms with van der Waals surface area (Å²) in [5.74, 6) is -0.139. The molecular formula is C23H20F2N4O2S. The Labute approximate surface area is 187 Å². The van der Waals surface area contributed by atoms with Crippen molar-refractivity contribution in [1.82, 2.24) is 19.7 Å². The highest BCUT2D eigenvalue weighted by molar-refractivity contribution is 7.19. The number of unbranched alkanes of at least 4 members (excludes halogenated alkanes) is 1. The first-order valence-corrected chi connectivity index (χ1v) is 11.2. The zero-order valence-electron chi connectivity index (χ0n) is 17.1. The van der Waals surface area contributed by atoms with E-state index in [0.717, 1.165) is 57.8 Å². The molecule has 9 heteroatoms. The number of fused-ring (bicyclic) bond motifs is 3. The molecule has 0 saturated heterocycles. The molecule has 1 aliphatic heterocycles. The molecule has 3 aromatic heterocycles. The van der Waals surface area contributed by atoms with Gasteiger partial charge in [0.15, 0.2) is 11.6 Å². The van der Waals surface area contributed by atoms with E-state index in [1.54, 1.807) is 0 Å². The predicted molar refractivity (Wildman–Crippen MR) is 117 cm³/mol. The van der Waals surface area contributed by atoms with E-state index in [4.69, 9.17) is 14.8 Å². The van der Waals surface area contributed by atoms with E-state index in [9.17, 15) is 8.78 Å². The van der Waals surface area contributed by atoms with Crippen molar-refractivity contribution in [3.63, 3.8) is 0 Å². The van der Waals surface area contributed by atoms with Gasteiger partial charge in [-0.2, -0.15) is 5.10 Å². The molecule has 0 atom stereocenters. The number of ether oxygens (including phenoxy) is 1. The second kappa shape index (κ2) is 8.76. The number of pyridine rings is 1. The number of aromatic nitrogens is 4. The fourth-order valence-corrected chi connectivity index (χ4v) is 4.94. The Morgan fingerprint density at radius 2 is 2.03 bits per heavy atom. The van der Waals surface area contributed by atoms with Crippen molar-refractivity contribution in [3.8, 4) is 32.7 Å². The minimum absolute atomic E-state index is 0.135. The first-order valence-electron chi connectivity index (χ1n) is 10.4. The number of aliphatic hydroxyl groups excluding tert-OH is 1. The highest BCUT2D eigenvalue weighted by Gasteiger charge is 2.23. The van der Waals surface area contributed by atoms with Crippen molar-refractivity contribution in [3.05, 3.63) is 65.6 Å².